The Morgan fingerprint density at radius 1 is 1.29 bits per heavy atom. The molecule has 0 aliphatic carbocycles. The highest BCUT2D eigenvalue weighted by molar-refractivity contribution is 7.99. The van der Waals surface area contributed by atoms with E-state index in [2.05, 4.69) is 10.2 Å². The first-order valence-corrected chi connectivity index (χ1v) is 8.36. The van der Waals surface area contributed by atoms with E-state index in [1.54, 1.807) is 6.20 Å². The van der Waals surface area contributed by atoms with Crippen molar-refractivity contribution in [3.63, 3.8) is 0 Å². The minimum Gasteiger partial charge on any atom is -0.339 e. The van der Waals surface area contributed by atoms with Crippen LogP contribution in [0.3, 0.4) is 0 Å². The molecule has 1 N–H and O–H groups in total. The molecule has 0 atom stereocenters. The van der Waals surface area contributed by atoms with Crippen LogP contribution in [0.2, 0.25) is 0 Å². The smallest absolute Gasteiger partial charge is 0.257 e. The zero-order valence-corrected chi connectivity index (χ0v) is 12.9. The fraction of sp³-hybridized carbons (Fsp3) is 0.375. The summed E-state index contributed by atoms with van der Waals surface area (Å²) in [6.07, 6.45) is 3.79. The van der Waals surface area contributed by atoms with Crippen molar-refractivity contribution in [2.75, 3.05) is 18.6 Å². The second-order valence-corrected chi connectivity index (χ2v) is 6.51. The number of aromatic amines is 1. The largest absolute Gasteiger partial charge is 0.339 e. The Bertz CT molecular complexity index is 605. The van der Waals surface area contributed by atoms with Crippen molar-refractivity contribution in [3.8, 4) is 11.3 Å². The quantitative estimate of drug-likeness (QED) is 0.948. The van der Waals surface area contributed by atoms with Crippen molar-refractivity contribution in [1.29, 1.82) is 0 Å². The predicted molar refractivity (Wildman–Crippen MR) is 86.5 cm³/mol. The minimum absolute atomic E-state index is 0.0551. The molecule has 0 spiro atoms. The molecular weight excluding hydrogens is 282 g/mol. The van der Waals surface area contributed by atoms with Crippen molar-refractivity contribution < 1.29 is 4.79 Å². The summed E-state index contributed by atoms with van der Waals surface area (Å²) in [7, 11) is 1.91. The van der Waals surface area contributed by atoms with Crippen LogP contribution in [0.25, 0.3) is 11.3 Å². The molecule has 1 amide bonds. The molecule has 110 valence electrons. The number of benzene rings is 1. The number of H-pyrrole nitrogens is 1. The maximum atomic E-state index is 12.8. The Labute approximate surface area is 128 Å². The summed E-state index contributed by atoms with van der Waals surface area (Å²) in [5.41, 5.74) is 2.45. The van der Waals surface area contributed by atoms with Gasteiger partial charge in [-0.05, 0) is 24.3 Å². The molecule has 5 heteroatoms. The number of hydrogen-bond acceptors (Lipinski definition) is 3. The minimum atomic E-state index is 0.0551. The number of nitrogens with zero attached hydrogens (tertiary/aromatic N) is 2. The van der Waals surface area contributed by atoms with Crippen molar-refractivity contribution in [1.82, 2.24) is 15.1 Å². The van der Waals surface area contributed by atoms with Gasteiger partial charge < -0.3 is 4.90 Å². The summed E-state index contributed by atoms with van der Waals surface area (Å²) in [6, 6.07) is 10.2. The lowest BCUT2D eigenvalue weighted by molar-refractivity contribution is 0.0724. The molecule has 3 rings (SSSR count). The van der Waals surface area contributed by atoms with E-state index in [0.717, 1.165) is 35.6 Å². The molecular formula is C16H19N3OS. The molecule has 0 saturated carbocycles. The van der Waals surface area contributed by atoms with E-state index in [4.69, 9.17) is 0 Å². The molecule has 1 fully saturated rings. The van der Waals surface area contributed by atoms with Crippen LogP contribution in [0.15, 0.2) is 36.5 Å². The summed E-state index contributed by atoms with van der Waals surface area (Å²) < 4.78 is 0. The fourth-order valence-corrected chi connectivity index (χ4v) is 3.78. The number of thioether (sulfide) groups is 1. The SMILES string of the molecule is CN(C(=O)c1cn[nH]c1-c1ccccc1)C1CCSCC1. The highest BCUT2D eigenvalue weighted by Gasteiger charge is 2.25. The molecule has 2 heterocycles. The third-order valence-electron chi connectivity index (χ3n) is 3.99. The number of rotatable bonds is 3. The summed E-state index contributed by atoms with van der Waals surface area (Å²) in [5.74, 6) is 2.33. The standard InChI is InChI=1S/C16H19N3OS/c1-19(13-7-9-21-10-8-13)16(20)14-11-17-18-15(14)12-5-3-2-4-6-12/h2-6,11,13H,7-10H2,1H3,(H,17,18). The van der Waals surface area contributed by atoms with Crippen LogP contribution < -0.4 is 0 Å². The number of hydrogen-bond donors (Lipinski definition) is 1. The van der Waals surface area contributed by atoms with Gasteiger partial charge in [-0.2, -0.15) is 16.9 Å². The summed E-state index contributed by atoms with van der Waals surface area (Å²) in [4.78, 5) is 14.6. The van der Waals surface area contributed by atoms with E-state index >= 15 is 0 Å². The van der Waals surface area contributed by atoms with Crippen LogP contribution in [0, 0.1) is 0 Å². The summed E-state index contributed by atoms with van der Waals surface area (Å²) in [6.45, 7) is 0. The third kappa shape index (κ3) is 2.97. The van der Waals surface area contributed by atoms with Gasteiger partial charge in [-0.1, -0.05) is 30.3 Å². The van der Waals surface area contributed by atoms with Gasteiger partial charge in [-0.3, -0.25) is 9.89 Å². The highest BCUT2D eigenvalue weighted by Crippen LogP contribution is 2.25. The van der Waals surface area contributed by atoms with Gasteiger partial charge in [0.05, 0.1) is 17.5 Å². The first-order valence-electron chi connectivity index (χ1n) is 7.21. The molecule has 4 nitrogen and oxygen atoms in total. The molecule has 1 aromatic carbocycles. The molecule has 1 saturated heterocycles. The topological polar surface area (TPSA) is 49.0 Å². The van der Waals surface area contributed by atoms with Gasteiger partial charge in [-0.15, -0.1) is 0 Å². The molecule has 2 aromatic rings. The zero-order valence-electron chi connectivity index (χ0n) is 12.1. The number of carbonyl (C=O) groups is 1. The van der Waals surface area contributed by atoms with Gasteiger partial charge in [0, 0.05) is 18.7 Å². The van der Waals surface area contributed by atoms with Crippen molar-refractivity contribution in [3.05, 3.63) is 42.1 Å². The highest BCUT2D eigenvalue weighted by atomic mass is 32.2. The predicted octanol–water partition coefficient (Wildman–Crippen LogP) is 3.04. The van der Waals surface area contributed by atoms with Crippen molar-refractivity contribution >= 4 is 17.7 Å². The number of amides is 1. The van der Waals surface area contributed by atoms with Crippen LogP contribution in [0.1, 0.15) is 23.2 Å². The molecule has 0 unspecified atom stereocenters. The van der Waals surface area contributed by atoms with E-state index in [0.29, 0.717) is 11.6 Å². The molecule has 0 radical (unpaired) electrons. The Hall–Kier alpha value is -1.75. The van der Waals surface area contributed by atoms with E-state index in [1.165, 1.54) is 0 Å². The number of carbonyl (C=O) groups excluding carboxylic acids is 1. The van der Waals surface area contributed by atoms with E-state index in [9.17, 15) is 4.79 Å². The van der Waals surface area contributed by atoms with Gasteiger partial charge in [-0.25, -0.2) is 0 Å². The maximum absolute atomic E-state index is 12.8. The lowest BCUT2D eigenvalue weighted by Gasteiger charge is -2.31. The van der Waals surface area contributed by atoms with E-state index < -0.39 is 0 Å². The first kappa shape index (κ1) is 14.2. The summed E-state index contributed by atoms with van der Waals surface area (Å²) in [5, 5.41) is 7.03. The monoisotopic (exact) mass is 301 g/mol. The Morgan fingerprint density at radius 3 is 2.71 bits per heavy atom. The lowest BCUT2D eigenvalue weighted by atomic mass is 10.1. The van der Waals surface area contributed by atoms with Gasteiger partial charge >= 0.3 is 0 Å². The van der Waals surface area contributed by atoms with Gasteiger partial charge in [0.2, 0.25) is 0 Å². The first-order chi connectivity index (χ1) is 10.3. The second kappa shape index (κ2) is 6.35. The van der Waals surface area contributed by atoms with Gasteiger partial charge in [0.15, 0.2) is 0 Å². The fourth-order valence-electron chi connectivity index (χ4n) is 2.70. The molecule has 0 bridgehead atoms. The van der Waals surface area contributed by atoms with Crippen molar-refractivity contribution in [2.45, 2.75) is 18.9 Å². The van der Waals surface area contributed by atoms with Crippen LogP contribution >= 0.6 is 11.8 Å². The van der Waals surface area contributed by atoms with Crippen LogP contribution in [-0.2, 0) is 0 Å². The van der Waals surface area contributed by atoms with E-state index in [1.807, 2.05) is 54.0 Å². The molecule has 1 aromatic heterocycles. The Balaban J connectivity index is 1.84. The van der Waals surface area contributed by atoms with Crippen LogP contribution in [-0.4, -0.2) is 45.6 Å². The van der Waals surface area contributed by atoms with Crippen molar-refractivity contribution in [2.24, 2.45) is 0 Å². The molecule has 1 aliphatic rings. The average Bonchev–Trinajstić information content (AvgIpc) is 3.04. The van der Waals surface area contributed by atoms with Gasteiger partial charge in [0.1, 0.15) is 0 Å². The van der Waals surface area contributed by atoms with Crippen LogP contribution in [0.4, 0.5) is 0 Å². The molecule has 1 aliphatic heterocycles. The Morgan fingerprint density at radius 2 is 2.00 bits per heavy atom. The molecule has 21 heavy (non-hydrogen) atoms. The van der Waals surface area contributed by atoms with E-state index in [-0.39, 0.29) is 5.91 Å². The van der Waals surface area contributed by atoms with Gasteiger partial charge in [0.25, 0.3) is 5.91 Å². The number of nitrogens with one attached hydrogen (secondary N) is 1. The number of aromatic nitrogens is 2. The second-order valence-electron chi connectivity index (χ2n) is 5.28. The zero-order chi connectivity index (χ0) is 14.7. The third-order valence-corrected chi connectivity index (χ3v) is 5.04. The maximum Gasteiger partial charge on any atom is 0.257 e. The normalized spacial score (nSPS) is 15.9. The lowest BCUT2D eigenvalue weighted by Crippen LogP contribution is -2.39. The van der Waals surface area contributed by atoms with Crippen LogP contribution in [0.5, 0.6) is 0 Å². The average molecular weight is 301 g/mol. The summed E-state index contributed by atoms with van der Waals surface area (Å²) >= 11 is 1.97. The Kier molecular flexibility index (Phi) is 4.29.